The van der Waals surface area contributed by atoms with E-state index >= 15 is 0 Å². The fraction of sp³-hybridized carbons (Fsp3) is 0.412. The van der Waals surface area contributed by atoms with Crippen molar-refractivity contribution in [3.05, 3.63) is 36.0 Å². The highest BCUT2D eigenvalue weighted by molar-refractivity contribution is 6.36. The van der Waals surface area contributed by atoms with Crippen LogP contribution >= 0.6 is 0 Å². The summed E-state index contributed by atoms with van der Waals surface area (Å²) < 4.78 is 2.34. The van der Waals surface area contributed by atoms with Crippen molar-refractivity contribution in [3.63, 3.8) is 0 Å². The molecule has 2 heterocycles. The van der Waals surface area contributed by atoms with Crippen LogP contribution in [0.25, 0.3) is 10.9 Å². The van der Waals surface area contributed by atoms with Gasteiger partial charge in [0.25, 0.3) is 0 Å². The van der Waals surface area contributed by atoms with Gasteiger partial charge in [-0.3, -0.25) is 5.41 Å². The number of nitrogens with zero attached hydrogens (tertiary/aromatic N) is 1. The molecule has 1 atom stereocenters. The molecule has 0 spiro atoms. The average molecular weight is 282 g/mol. The Bertz CT molecular complexity index is 648. The molecule has 4 nitrogen and oxygen atoms in total. The zero-order valence-corrected chi connectivity index (χ0v) is 12.2. The van der Waals surface area contributed by atoms with Crippen molar-refractivity contribution in [3.8, 4) is 0 Å². The maximum atomic E-state index is 7.73. The lowest BCUT2D eigenvalue weighted by atomic mass is 10.0. The van der Waals surface area contributed by atoms with Crippen LogP contribution in [0.5, 0.6) is 0 Å². The van der Waals surface area contributed by atoms with Crippen molar-refractivity contribution in [2.24, 2.45) is 5.92 Å². The molecule has 0 saturated carbocycles. The van der Waals surface area contributed by atoms with Crippen molar-refractivity contribution in [2.75, 3.05) is 13.1 Å². The van der Waals surface area contributed by atoms with Crippen LogP contribution < -0.4 is 5.32 Å². The number of aromatic nitrogens is 1. The molecule has 1 fully saturated rings. The highest BCUT2D eigenvalue weighted by atomic mass is 15.0. The summed E-state index contributed by atoms with van der Waals surface area (Å²) in [4.78, 5) is 0. The first-order valence-corrected chi connectivity index (χ1v) is 7.67. The Morgan fingerprint density at radius 3 is 3.05 bits per heavy atom. The monoisotopic (exact) mass is 282 g/mol. The van der Waals surface area contributed by atoms with Crippen LogP contribution in [0.4, 0.5) is 0 Å². The number of hydrogen-bond donors (Lipinski definition) is 3. The molecule has 4 heteroatoms. The van der Waals surface area contributed by atoms with Crippen molar-refractivity contribution in [1.82, 2.24) is 9.88 Å². The van der Waals surface area contributed by atoms with Gasteiger partial charge < -0.3 is 15.3 Å². The molecular weight excluding hydrogens is 260 g/mol. The summed E-state index contributed by atoms with van der Waals surface area (Å²) in [5, 5.41) is 19.5. The number of benzene rings is 1. The van der Waals surface area contributed by atoms with Crippen LogP contribution in [0.2, 0.25) is 0 Å². The first-order chi connectivity index (χ1) is 10.3. The number of fused-ring (bicyclic) bond motifs is 1. The summed E-state index contributed by atoms with van der Waals surface area (Å²) in [5.74, 6) is 0.746. The maximum Gasteiger partial charge on any atom is 0.0787 e. The van der Waals surface area contributed by atoms with Crippen molar-refractivity contribution >= 4 is 22.8 Å². The van der Waals surface area contributed by atoms with E-state index in [1.807, 2.05) is 12.1 Å². The molecule has 1 aliphatic rings. The molecule has 21 heavy (non-hydrogen) atoms. The Morgan fingerprint density at radius 1 is 1.29 bits per heavy atom. The molecule has 3 N–H and O–H groups in total. The van der Waals surface area contributed by atoms with Gasteiger partial charge in [-0.25, -0.2) is 0 Å². The minimum atomic E-state index is 0.263. The van der Waals surface area contributed by atoms with E-state index in [0.717, 1.165) is 42.7 Å². The van der Waals surface area contributed by atoms with E-state index in [9.17, 15) is 0 Å². The van der Waals surface area contributed by atoms with Crippen LogP contribution in [0.15, 0.2) is 30.5 Å². The van der Waals surface area contributed by atoms with E-state index in [-0.39, 0.29) is 5.71 Å². The van der Waals surface area contributed by atoms with Gasteiger partial charge in [-0.05, 0) is 56.5 Å². The Morgan fingerprint density at radius 2 is 2.19 bits per heavy atom. The number of hydrogen-bond acceptors (Lipinski definition) is 3. The third-order valence-electron chi connectivity index (χ3n) is 4.38. The molecule has 1 saturated heterocycles. The van der Waals surface area contributed by atoms with Crippen LogP contribution in [-0.4, -0.2) is 29.6 Å². The molecule has 1 aromatic heterocycles. The van der Waals surface area contributed by atoms with Gasteiger partial charge in [-0.15, -0.1) is 0 Å². The fourth-order valence-electron chi connectivity index (χ4n) is 3.16. The lowest BCUT2D eigenvalue weighted by molar-refractivity contribution is 0.410. The predicted octanol–water partition coefficient (Wildman–Crippen LogP) is 3.05. The van der Waals surface area contributed by atoms with Crippen LogP contribution in [-0.2, 0) is 6.54 Å². The predicted molar refractivity (Wildman–Crippen MR) is 87.8 cm³/mol. The second kappa shape index (κ2) is 6.22. The van der Waals surface area contributed by atoms with Gasteiger partial charge in [0.1, 0.15) is 0 Å². The SMILES string of the molecule is N=CC(=N)c1ccc2c(ccn2CC2CCCNCC2)c1. The van der Waals surface area contributed by atoms with E-state index in [1.54, 1.807) is 0 Å². The first-order valence-electron chi connectivity index (χ1n) is 7.67. The second-order valence-electron chi connectivity index (χ2n) is 5.85. The maximum absolute atomic E-state index is 7.73. The lowest BCUT2D eigenvalue weighted by Gasteiger charge is -2.15. The normalized spacial score (nSPS) is 19.3. The molecule has 110 valence electrons. The van der Waals surface area contributed by atoms with E-state index in [2.05, 4.69) is 28.2 Å². The van der Waals surface area contributed by atoms with Crippen molar-refractivity contribution in [2.45, 2.75) is 25.8 Å². The van der Waals surface area contributed by atoms with Crippen LogP contribution in [0.1, 0.15) is 24.8 Å². The lowest BCUT2D eigenvalue weighted by Crippen LogP contribution is -2.15. The standard InChI is InChI=1S/C17H22N4/c18-11-16(19)14-3-4-17-15(10-14)6-9-21(17)12-13-2-1-7-20-8-5-13/h3-4,6,9-11,13,18-20H,1-2,5,7-8,12H2. The van der Waals surface area contributed by atoms with Crippen LogP contribution in [0, 0.1) is 16.7 Å². The van der Waals surface area contributed by atoms with Crippen molar-refractivity contribution in [1.29, 1.82) is 10.8 Å². The van der Waals surface area contributed by atoms with Crippen LogP contribution in [0.3, 0.4) is 0 Å². The first kappa shape index (κ1) is 14.0. The number of rotatable bonds is 4. The summed E-state index contributed by atoms with van der Waals surface area (Å²) in [6.07, 6.45) is 7.06. The smallest absolute Gasteiger partial charge is 0.0787 e. The van der Waals surface area contributed by atoms with Gasteiger partial charge in [-0.1, -0.05) is 6.07 Å². The second-order valence-corrected chi connectivity index (χ2v) is 5.85. The highest BCUT2D eigenvalue weighted by Gasteiger charge is 2.13. The van der Waals surface area contributed by atoms with Gasteiger partial charge in [-0.2, -0.15) is 0 Å². The van der Waals surface area contributed by atoms with Crippen molar-refractivity contribution < 1.29 is 0 Å². The quantitative estimate of drug-likeness (QED) is 0.741. The van der Waals surface area contributed by atoms with Gasteiger partial charge in [0, 0.05) is 35.4 Å². The molecule has 2 aromatic rings. The molecule has 0 bridgehead atoms. The Balaban J connectivity index is 1.83. The minimum Gasteiger partial charge on any atom is -0.347 e. The molecule has 0 amide bonds. The average Bonchev–Trinajstić information content (AvgIpc) is 2.73. The Labute approximate surface area is 125 Å². The molecular formula is C17H22N4. The zero-order valence-electron chi connectivity index (χ0n) is 12.2. The molecule has 3 rings (SSSR count). The molecule has 0 radical (unpaired) electrons. The molecule has 1 unspecified atom stereocenters. The summed E-state index contributed by atoms with van der Waals surface area (Å²) in [5.41, 5.74) is 2.31. The number of nitrogens with one attached hydrogen (secondary N) is 3. The van der Waals surface area contributed by atoms with Gasteiger partial charge in [0.2, 0.25) is 0 Å². The van der Waals surface area contributed by atoms with Gasteiger partial charge in [0.05, 0.1) is 5.71 Å². The van der Waals surface area contributed by atoms with E-state index in [0.29, 0.717) is 0 Å². The summed E-state index contributed by atoms with van der Waals surface area (Å²) in [6, 6.07) is 8.15. The third kappa shape index (κ3) is 3.05. The Hall–Kier alpha value is -1.94. The summed E-state index contributed by atoms with van der Waals surface area (Å²) in [6.45, 7) is 3.36. The largest absolute Gasteiger partial charge is 0.347 e. The summed E-state index contributed by atoms with van der Waals surface area (Å²) in [7, 11) is 0. The highest BCUT2D eigenvalue weighted by Crippen LogP contribution is 2.22. The third-order valence-corrected chi connectivity index (χ3v) is 4.38. The summed E-state index contributed by atoms with van der Waals surface area (Å²) >= 11 is 0. The minimum absolute atomic E-state index is 0.263. The van der Waals surface area contributed by atoms with E-state index < -0.39 is 0 Å². The van der Waals surface area contributed by atoms with E-state index in [4.69, 9.17) is 10.8 Å². The Kier molecular flexibility index (Phi) is 4.15. The molecule has 1 aromatic carbocycles. The fourth-order valence-corrected chi connectivity index (χ4v) is 3.16. The van der Waals surface area contributed by atoms with E-state index in [1.165, 1.54) is 24.8 Å². The van der Waals surface area contributed by atoms with Gasteiger partial charge >= 0.3 is 0 Å². The molecule has 1 aliphatic heterocycles. The molecule has 0 aliphatic carbocycles. The van der Waals surface area contributed by atoms with Gasteiger partial charge in [0.15, 0.2) is 0 Å². The topological polar surface area (TPSA) is 64.7 Å². The zero-order chi connectivity index (χ0) is 14.7.